The van der Waals surface area contributed by atoms with Crippen molar-refractivity contribution in [2.75, 3.05) is 10.6 Å². The third-order valence-electron chi connectivity index (χ3n) is 5.98. The molecule has 140 valence electrons. The molecule has 4 N–H and O–H groups in total. The van der Waals surface area contributed by atoms with Crippen LogP contribution in [0.4, 0.5) is 11.4 Å². The van der Waals surface area contributed by atoms with Crippen LogP contribution in [0.3, 0.4) is 0 Å². The van der Waals surface area contributed by atoms with Gasteiger partial charge in [0.2, 0.25) is 5.91 Å². The highest BCUT2D eigenvalue weighted by Crippen LogP contribution is 2.47. The van der Waals surface area contributed by atoms with Gasteiger partial charge in [-0.2, -0.15) is 0 Å². The molecule has 0 saturated heterocycles. The first kappa shape index (κ1) is 17.7. The van der Waals surface area contributed by atoms with E-state index in [9.17, 15) is 9.59 Å². The van der Waals surface area contributed by atoms with Crippen LogP contribution >= 0.6 is 0 Å². The zero-order valence-electron chi connectivity index (χ0n) is 15.3. The lowest BCUT2D eigenvalue weighted by molar-refractivity contribution is -0.121. The van der Waals surface area contributed by atoms with E-state index in [1.54, 1.807) is 30.6 Å². The Morgan fingerprint density at radius 2 is 1.81 bits per heavy atom. The number of carbonyl (C=O) groups excluding carboxylic acids is 2. The van der Waals surface area contributed by atoms with Gasteiger partial charge in [0, 0.05) is 35.4 Å². The van der Waals surface area contributed by atoms with E-state index in [1.807, 2.05) is 19.1 Å². The summed E-state index contributed by atoms with van der Waals surface area (Å²) in [6.45, 7) is 1.92. The molecular weight excluding hydrogens is 340 g/mol. The number of amides is 2. The first-order chi connectivity index (χ1) is 13.0. The van der Waals surface area contributed by atoms with Gasteiger partial charge in [0.05, 0.1) is 5.92 Å². The number of benzene rings is 1. The molecule has 4 rings (SSSR count). The van der Waals surface area contributed by atoms with Crippen molar-refractivity contribution in [2.24, 2.45) is 23.5 Å². The summed E-state index contributed by atoms with van der Waals surface area (Å²) in [6, 6.07) is 8.82. The average molecular weight is 364 g/mol. The Hall–Kier alpha value is -2.73. The molecule has 2 saturated carbocycles. The smallest absolute Gasteiger partial charge is 0.255 e. The van der Waals surface area contributed by atoms with E-state index in [2.05, 4.69) is 15.6 Å². The summed E-state index contributed by atoms with van der Waals surface area (Å²) in [6.07, 6.45) is 6.47. The van der Waals surface area contributed by atoms with Crippen molar-refractivity contribution >= 4 is 23.2 Å². The summed E-state index contributed by atoms with van der Waals surface area (Å²) in [4.78, 5) is 29.1. The average Bonchev–Trinajstić information content (AvgIpc) is 3.26. The SMILES string of the molecule is Cc1ccc(NC(=O)C2C3CCC(C3)C2N)cc1NC(=O)c1ccncc1. The minimum atomic E-state index is -0.209. The van der Waals surface area contributed by atoms with Crippen LogP contribution < -0.4 is 16.4 Å². The van der Waals surface area contributed by atoms with Gasteiger partial charge < -0.3 is 16.4 Å². The van der Waals surface area contributed by atoms with Gasteiger partial charge in [-0.25, -0.2) is 0 Å². The van der Waals surface area contributed by atoms with Crippen molar-refractivity contribution in [1.82, 2.24) is 4.98 Å². The first-order valence-electron chi connectivity index (χ1n) is 9.41. The fourth-order valence-electron chi connectivity index (χ4n) is 4.48. The highest BCUT2D eigenvalue weighted by Gasteiger charge is 2.49. The van der Waals surface area contributed by atoms with Crippen molar-refractivity contribution in [3.8, 4) is 0 Å². The second kappa shape index (κ2) is 7.12. The van der Waals surface area contributed by atoms with Crippen LogP contribution in [0.15, 0.2) is 42.7 Å². The number of hydrogen-bond donors (Lipinski definition) is 3. The van der Waals surface area contributed by atoms with Crippen molar-refractivity contribution < 1.29 is 9.59 Å². The van der Waals surface area contributed by atoms with Crippen LogP contribution in [0.5, 0.6) is 0 Å². The quantitative estimate of drug-likeness (QED) is 0.777. The van der Waals surface area contributed by atoms with Gasteiger partial charge in [-0.3, -0.25) is 14.6 Å². The summed E-state index contributed by atoms with van der Waals surface area (Å²) in [5.41, 5.74) is 9.08. The van der Waals surface area contributed by atoms with Crippen molar-refractivity contribution in [3.05, 3.63) is 53.9 Å². The van der Waals surface area contributed by atoms with E-state index in [4.69, 9.17) is 5.73 Å². The lowest BCUT2D eigenvalue weighted by Crippen LogP contribution is -2.42. The summed E-state index contributed by atoms with van der Waals surface area (Å²) < 4.78 is 0. The molecule has 4 atom stereocenters. The number of aryl methyl sites for hydroxylation is 1. The van der Waals surface area contributed by atoms with Crippen molar-refractivity contribution in [2.45, 2.75) is 32.2 Å². The molecule has 0 aliphatic heterocycles. The maximum absolute atomic E-state index is 12.8. The molecule has 2 aliphatic carbocycles. The van der Waals surface area contributed by atoms with Gasteiger partial charge in [-0.15, -0.1) is 0 Å². The van der Waals surface area contributed by atoms with Crippen LogP contribution in [0.25, 0.3) is 0 Å². The predicted molar refractivity (Wildman–Crippen MR) is 104 cm³/mol. The number of anilines is 2. The number of rotatable bonds is 4. The van der Waals surface area contributed by atoms with E-state index in [0.717, 1.165) is 24.8 Å². The van der Waals surface area contributed by atoms with Gasteiger partial charge >= 0.3 is 0 Å². The molecule has 4 unspecified atom stereocenters. The topological polar surface area (TPSA) is 97.1 Å². The second-order valence-electron chi connectivity index (χ2n) is 7.65. The van der Waals surface area contributed by atoms with E-state index < -0.39 is 0 Å². The Morgan fingerprint density at radius 3 is 2.52 bits per heavy atom. The molecule has 1 aromatic carbocycles. The molecule has 2 fully saturated rings. The number of nitrogens with zero attached hydrogens (tertiary/aromatic N) is 1. The Labute approximate surface area is 158 Å². The third kappa shape index (κ3) is 3.45. The van der Waals surface area contributed by atoms with Gasteiger partial charge in [0.15, 0.2) is 0 Å². The van der Waals surface area contributed by atoms with E-state index in [0.29, 0.717) is 28.8 Å². The van der Waals surface area contributed by atoms with Crippen LogP contribution in [0.1, 0.15) is 35.2 Å². The van der Waals surface area contributed by atoms with Gasteiger partial charge in [0.25, 0.3) is 5.91 Å². The number of fused-ring (bicyclic) bond motifs is 2. The largest absolute Gasteiger partial charge is 0.327 e. The highest BCUT2D eigenvalue weighted by molar-refractivity contribution is 6.05. The normalized spacial score (nSPS) is 26.0. The third-order valence-corrected chi connectivity index (χ3v) is 5.98. The summed E-state index contributed by atoms with van der Waals surface area (Å²) >= 11 is 0. The van der Waals surface area contributed by atoms with Crippen LogP contribution in [-0.2, 0) is 4.79 Å². The molecule has 2 bridgehead atoms. The summed E-state index contributed by atoms with van der Waals surface area (Å²) in [5.74, 6) is 0.560. The molecular formula is C21H24N4O2. The molecule has 2 aliphatic rings. The minimum absolute atomic E-state index is 0.00929. The highest BCUT2D eigenvalue weighted by atomic mass is 16.2. The Balaban J connectivity index is 1.47. The number of pyridine rings is 1. The van der Waals surface area contributed by atoms with Gasteiger partial charge in [-0.05, 0) is 67.9 Å². The maximum atomic E-state index is 12.8. The monoisotopic (exact) mass is 364 g/mol. The zero-order chi connectivity index (χ0) is 19.0. The molecule has 6 nitrogen and oxygen atoms in total. The van der Waals surface area contributed by atoms with E-state index >= 15 is 0 Å². The number of aromatic nitrogens is 1. The fraction of sp³-hybridized carbons (Fsp3) is 0.381. The fourth-order valence-corrected chi connectivity index (χ4v) is 4.48. The number of carbonyl (C=O) groups is 2. The maximum Gasteiger partial charge on any atom is 0.255 e. The minimum Gasteiger partial charge on any atom is -0.327 e. The molecule has 2 aromatic rings. The van der Waals surface area contributed by atoms with E-state index in [1.165, 1.54) is 0 Å². The summed E-state index contributed by atoms with van der Waals surface area (Å²) in [5, 5.41) is 5.90. The van der Waals surface area contributed by atoms with Crippen molar-refractivity contribution in [3.63, 3.8) is 0 Å². The second-order valence-corrected chi connectivity index (χ2v) is 7.65. The molecule has 0 radical (unpaired) electrons. The lowest BCUT2D eigenvalue weighted by atomic mass is 9.84. The van der Waals surface area contributed by atoms with E-state index in [-0.39, 0.29) is 23.8 Å². The Bertz CT molecular complexity index is 866. The lowest BCUT2D eigenvalue weighted by Gasteiger charge is -2.27. The number of hydrogen-bond acceptors (Lipinski definition) is 4. The molecule has 27 heavy (non-hydrogen) atoms. The summed E-state index contributed by atoms with van der Waals surface area (Å²) in [7, 11) is 0. The Kier molecular flexibility index (Phi) is 4.66. The van der Waals surface area contributed by atoms with Crippen molar-refractivity contribution in [1.29, 1.82) is 0 Å². The zero-order valence-corrected chi connectivity index (χ0v) is 15.3. The molecule has 1 heterocycles. The molecule has 0 spiro atoms. The standard InChI is InChI=1S/C21H24N4O2/c1-12-2-5-16(11-17(12)25-20(26)13-6-8-23-9-7-13)24-21(27)18-14-3-4-15(10-14)19(18)22/h2,5-9,11,14-15,18-19H,3-4,10,22H2,1H3,(H,24,27)(H,25,26). The molecule has 2 amide bonds. The van der Waals surface area contributed by atoms with Crippen LogP contribution in [0, 0.1) is 24.7 Å². The Morgan fingerprint density at radius 1 is 1.07 bits per heavy atom. The first-order valence-corrected chi connectivity index (χ1v) is 9.41. The van der Waals surface area contributed by atoms with Gasteiger partial charge in [-0.1, -0.05) is 6.07 Å². The van der Waals surface area contributed by atoms with Crippen LogP contribution in [0.2, 0.25) is 0 Å². The number of nitrogens with two attached hydrogens (primary N) is 1. The van der Waals surface area contributed by atoms with Gasteiger partial charge in [0.1, 0.15) is 0 Å². The van der Waals surface area contributed by atoms with Crippen LogP contribution in [-0.4, -0.2) is 22.8 Å². The molecule has 1 aromatic heterocycles. The number of nitrogens with one attached hydrogen (secondary N) is 2. The predicted octanol–water partition coefficient (Wildman–Crippen LogP) is 2.95. The molecule has 6 heteroatoms.